The number of halogens is 4. The Balaban J connectivity index is 2.20. The highest BCUT2D eigenvalue weighted by atomic mass is 35.5. The van der Waals surface area contributed by atoms with Gasteiger partial charge in [0, 0.05) is 17.0 Å². The highest BCUT2D eigenvalue weighted by molar-refractivity contribution is 6.30. The molecule has 100 valence electrons. The van der Waals surface area contributed by atoms with Gasteiger partial charge in [0.25, 0.3) is 0 Å². The van der Waals surface area contributed by atoms with Gasteiger partial charge < -0.3 is 5.11 Å². The molecule has 0 saturated heterocycles. The molecular weight excluding hydrogens is 277 g/mol. The molecule has 2 aromatic carbocycles. The standard InChI is InChI=1S/C14H10ClF3O/c15-9-2-3-10(12(17)7-9)14(19)6-8-1-4-11(16)13(18)5-8/h1-5,7,14,19H,6H2. The minimum atomic E-state index is -1.15. The monoisotopic (exact) mass is 286 g/mol. The molecule has 1 atom stereocenters. The van der Waals surface area contributed by atoms with Crippen molar-refractivity contribution in [2.75, 3.05) is 0 Å². The second-order valence-electron chi connectivity index (χ2n) is 4.13. The zero-order valence-electron chi connectivity index (χ0n) is 9.71. The summed E-state index contributed by atoms with van der Waals surface area (Å²) in [5.74, 6) is -2.60. The molecule has 0 radical (unpaired) electrons. The average molecular weight is 287 g/mol. The van der Waals surface area contributed by atoms with Gasteiger partial charge in [-0.1, -0.05) is 23.7 Å². The summed E-state index contributed by atoms with van der Waals surface area (Å²) in [4.78, 5) is 0. The Morgan fingerprint density at radius 2 is 1.68 bits per heavy atom. The van der Waals surface area contributed by atoms with E-state index >= 15 is 0 Å². The Labute approximate surface area is 113 Å². The number of hydrogen-bond acceptors (Lipinski definition) is 1. The summed E-state index contributed by atoms with van der Waals surface area (Å²) in [6, 6.07) is 7.19. The van der Waals surface area contributed by atoms with Crippen LogP contribution in [0.25, 0.3) is 0 Å². The van der Waals surface area contributed by atoms with E-state index in [1.54, 1.807) is 0 Å². The first-order chi connectivity index (χ1) is 8.97. The zero-order chi connectivity index (χ0) is 14.0. The first-order valence-corrected chi connectivity index (χ1v) is 5.92. The van der Waals surface area contributed by atoms with Gasteiger partial charge in [-0.2, -0.15) is 0 Å². The molecule has 2 rings (SSSR count). The van der Waals surface area contributed by atoms with Crippen LogP contribution in [0.1, 0.15) is 17.2 Å². The Morgan fingerprint density at radius 3 is 2.32 bits per heavy atom. The van der Waals surface area contributed by atoms with E-state index in [-0.39, 0.29) is 17.0 Å². The third-order valence-corrected chi connectivity index (χ3v) is 2.97. The number of hydrogen-bond donors (Lipinski definition) is 1. The summed E-state index contributed by atoms with van der Waals surface area (Å²) in [5.41, 5.74) is 0.440. The molecule has 5 heteroatoms. The molecule has 0 amide bonds. The van der Waals surface area contributed by atoms with Crippen molar-refractivity contribution < 1.29 is 18.3 Å². The molecular formula is C14H10ClF3O. The maximum atomic E-state index is 13.6. The molecule has 2 aromatic rings. The highest BCUT2D eigenvalue weighted by Gasteiger charge is 2.14. The van der Waals surface area contributed by atoms with Crippen LogP contribution in [0.5, 0.6) is 0 Å². The maximum absolute atomic E-state index is 13.6. The lowest BCUT2D eigenvalue weighted by atomic mass is 10.0. The fraction of sp³-hybridized carbons (Fsp3) is 0.143. The van der Waals surface area contributed by atoms with Crippen LogP contribution in [0.15, 0.2) is 36.4 Å². The lowest BCUT2D eigenvalue weighted by Crippen LogP contribution is -2.05. The van der Waals surface area contributed by atoms with Crippen LogP contribution >= 0.6 is 11.6 Å². The number of aliphatic hydroxyl groups excluding tert-OH is 1. The molecule has 0 saturated carbocycles. The topological polar surface area (TPSA) is 20.2 Å². The Bertz CT molecular complexity index is 601. The molecule has 0 spiro atoms. The lowest BCUT2D eigenvalue weighted by Gasteiger charge is -2.12. The van der Waals surface area contributed by atoms with Gasteiger partial charge >= 0.3 is 0 Å². The highest BCUT2D eigenvalue weighted by Crippen LogP contribution is 2.24. The molecule has 0 aliphatic rings. The number of aliphatic hydroxyl groups is 1. The van der Waals surface area contributed by atoms with E-state index in [4.69, 9.17) is 11.6 Å². The third kappa shape index (κ3) is 3.28. The average Bonchev–Trinajstić information content (AvgIpc) is 2.33. The smallest absolute Gasteiger partial charge is 0.159 e. The van der Waals surface area contributed by atoms with Crippen LogP contribution in [0.3, 0.4) is 0 Å². The van der Waals surface area contributed by atoms with Crippen molar-refractivity contribution in [3.05, 3.63) is 70.0 Å². The molecule has 1 nitrogen and oxygen atoms in total. The van der Waals surface area contributed by atoms with Gasteiger partial charge in [-0.3, -0.25) is 0 Å². The van der Waals surface area contributed by atoms with Crippen molar-refractivity contribution in [1.82, 2.24) is 0 Å². The molecule has 0 heterocycles. The Morgan fingerprint density at radius 1 is 0.947 bits per heavy atom. The van der Waals surface area contributed by atoms with Crippen LogP contribution in [0.2, 0.25) is 5.02 Å². The molecule has 0 aromatic heterocycles. The van der Waals surface area contributed by atoms with E-state index in [1.165, 1.54) is 18.2 Å². The van der Waals surface area contributed by atoms with Crippen molar-refractivity contribution in [1.29, 1.82) is 0 Å². The van der Waals surface area contributed by atoms with Crippen molar-refractivity contribution in [2.24, 2.45) is 0 Å². The second-order valence-corrected chi connectivity index (χ2v) is 4.57. The van der Waals surface area contributed by atoms with Crippen LogP contribution in [-0.2, 0) is 6.42 Å². The van der Waals surface area contributed by atoms with E-state index in [0.29, 0.717) is 5.56 Å². The minimum absolute atomic E-state index is 0.0181. The predicted octanol–water partition coefficient (Wildman–Crippen LogP) is 4.03. The largest absolute Gasteiger partial charge is 0.388 e. The van der Waals surface area contributed by atoms with E-state index in [2.05, 4.69) is 0 Å². The fourth-order valence-corrected chi connectivity index (χ4v) is 1.93. The van der Waals surface area contributed by atoms with Gasteiger partial charge in [-0.05, 0) is 29.8 Å². The number of rotatable bonds is 3. The van der Waals surface area contributed by atoms with Crippen molar-refractivity contribution in [2.45, 2.75) is 12.5 Å². The summed E-state index contributed by atoms with van der Waals surface area (Å²) in [6.45, 7) is 0. The van der Waals surface area contributed by atoms with Crippen LogP contribution < -0.4 is 0 Å². The van der Waals surface area contributed by atoms with E-state index in [0.717, 1.165) is 18.2 Å². The van der Waals surface area contributed by atoms with Gasteiger partial charge in [-0.15, -0.1) is 0 Å². The zero-order valence-corrected chi connectivity index (χ0v) is 10.5. The molecule has 19 heavy (non-hydrogen) atoms. The van der Waals surface area contributed by atoms with Gasteiger partial charge in [0.1, 0.15) is 5.82 Å². The third-order valence-electron chi connectivity index (χ3n) is 2.73. The minimum Gasteiger partial charge on any atom is -0.388 e. The molecule has 0 fully saturated rings. The number of benzene rings is 2. The van der Waals surface area contributed by atoms with Crippen molar-refractivity contribution in [3.63, 3.8) is 0 Å². The first-order valence-electron chi connectivity index (χ1n) is 5.54. The van der Waals surface area contributed by atoms with Gasteiger partial charge in [0.2, 0.25) is 0 Å². The predicted molar refractivity (Wildman–Crippen MR) is 66.4 cm³/mol. The summed E-state index contributed by atoms with van der Waals surface area (Å²) in [6.07, 6.45) is -1.17. The Hall–Kier alpha value is -1.52. The quantitative estimate of drug-likeness (QED) is 0.903. The van der Waals surface area contributed by atoms with Gasteiger partial charge in [-0.25, -0.2) is 13.2 Å². The molecule has 1 unspecified atom stereocenters. The van der Waals surface area contributed by atoms with E-state index in [9.17, 15) is 18.3 Å². The summed E-state index contributed by atoms with van der Waals surface area (Å²) >= 11 is 5.61. The molecule has 0 bridgehead atoms. The first kappa shape index (κ1) is 13.9. The van der Waals surface area contributed by atoms with E-state index in [1.807, 2.05) is 0 Å². The Kier molecular flexibility index (Phi) is 4.12. The van der Waals surface area contributed by atoms with Crippen LogP contribution in [0.4, 0.5) is 13.2 Å². The SMILES string of the molecule is OC(Cc1ccc(F)c(F)c1)c1ccc(Cl)cc1F. The van der Waals surface area contributed by atoms with Gasteiger partial charge in [0.15, 0.2) is 11.6 Å². The maximum Gasteiger partial charge on any atom is 0.159 e. The van der Waals surface area contributed by atoms with Crippen LogP contribution in [-0.4, -0.2) is 5.11 Å². The molecule has 0 aliphatic carbocycles. The lowest BCUT2D eigenvalue weighted by molar-refractivity contribution is 0.173. The second kappa shape index (κ2) is 5.63. The molecule has 1 N–H and O–H groups in total. The van der Waals surface area contributed by atoms with Crippen molar-refractivity contribution in [3.8, 4) is 0 Å². The summed E-state index contributed by atoms with van der Waals surface area (Å²) < 4.78 is 39.3. The van der Waals surface area contributed by atoms with Crippen LogP contribution in [0, 0.1) is 17.5 Å². The normalized spacial score (nSPS) is 12.5. The molecule has 0 aliphatic heterocycles. The fourth-order valence-electron chi connectivity index (χ4n) is 1.77. The summed E-state index contributed by atoms with van der Waals surface area (Å²) in [7, 11) is 0. The van der Waals surface area contributed by atoms with E-state index < -0.39 is 23.6 Å². The summed E-state index contributed by atoms with van der Waals surface area (Å²) in [5, 5.41) is 10.1. The van der Waals surface area contributed by atoms with Crippen molar-refractivity contribution >= 4 is 11.6 Å². The van der Waals surface area contributed by atoms with Gasteiger partial charge in [0.05, 0.1) is 6.10 Å².